The third kappa shape index (κ3) is 5.32. The van der Waals surface area contributed by atoms with Gasteiger partial charge in [0.05, 0.1) is 12.1 Å². The van der Waals surface area contributed by atoms with E-state index in [4.69, 9.17) is 23.2 Å². The molecule has 4 rings (SSSR count). The van der Waals surface area contributed by atoms with Crippen molar-refractivity contribution in [2.24, 2.45) is 0 Å². The van der Waals surface area contributed by atoms with Crippen LogP contribution in [0.15, 0.2) is 72.8 Å². The van der Waals surface area contributed by atoms with Gasteiger partial charge in [-0.15, -0.1) is 0 Å². The Bertz CT molecular complexity index is 1140. The van der Waals surface area contributed by atoms with Crippen molar-refractivity contribution in [2.75, 3.05) is 16.3 Å². The standard InChI is InChI=1S/C22H15Cl2F3N2O2.C3H8/c23-16-4-8-18(9-5-16)28-13-21(31,14-2-1-3-15(12-14)22(25,26)27)29(20(28)30)19-10-6-17(24)7-11-19;1-3-2/h1-12,31H,13H2;3H2,1-2H3. The summed E-state index contributed by atoms with van der Waals surface area (Å²) >= 11 is 11.9. The summed E-state index contributed by atoms with van der Waals surface area (Å²) in [5, 5.41) is 12.5. The first-order valence-corrected chi connectivity index (χ1v) is 11.3. The summed E-state index contributed by atoms with van der Waals surface area (Å²) < 4.78 is 39.9. The molecule has 1 heterocycles. The van der Waals surface area contributed by atoms with Gasteiger partial charge in [0.1, 0.15) is 0 Å². The van der Waals surface area contributed by atoms with Crippen LogP contribution in [0.1, 0.15) is 31.4 Å². The van der Waals surface area contributed by atoms with Gasteiger partial charge in [-0.05, 0) is 60.7 Å². The van der Waals surface area contributed by atoms with Crippen molar-refractivity contribution in [2.45, 2.75) is 32.2 Å². The highest BCUT2D eigenvalue weighted by Gasteiger charge is 2.51. The van der Waals surface area contributed by atoms with E-state index in [9.17, 15) is 23.1 Å². The van der Waals surface area contributed by atoms with E-state index in [1.165, 1.54) is 47.7 Å². The second-order valence-corrected chi connectivity index (χ2v) is 8.63. The molecule has 0 spiro atoms. The van der Waals surface area contributed by atoms with E-state index in [-0.39, 0.29) is 17.8 Å². The van der Waals surface area contributed by atoms with Crippen molar-refractivity contribution in [3.8, 4) is 0 Å². The molecule has 4 nitrogen and oxygen atoms in total. The van der Waals surface area contributed by atoms with Gasteiger partial charge in [-0.1, -0.05) is 55.6 Å². The van der Waals surface area contributed by atoms with Gasteiger partial charge in [-0.25, -0.2) is 4.79 Å². The minimum absolute atomic E-state index is 0.0675. The summed E-state index contributed by atoms with van der Waals surface area (Å²) in [5.74, 6) is 0. The molecule has 9 heteroatoms. The number of aliphatic hydroxyl groups is 1. The summed E-state index contributed by atoms with van der Waals surface area (Å²) in [4.78, 5) is 15.7. The van der Waals surface area contributed by atoms with E-state index in [0.29, 0.717) is 15.7 Å². The van der Waals surface area contributed by atoms with E-state index < -0.39 is 23.5 Å². The number of β-amino-alcohol motifs (C(OH)–C–C–N with tert-alkyl or cyclic N) is 1. The van der Waals surface area contributed by atoms with Crippen molar-refractivity contribution in [3.63, 3.8) is 0 Å². The van der Waals surface area contributed by atoms with Crippen LogP contribution in [0.4, 0.5) is 29.3 Å². The van der Waals surface area contributed by atoms with E-state index >= 15 is 0 Å². The molecule has 1 atom stereocenters. The lowest BCUT2D eigenvalue weighted by Gasteiger charge is -2.32. The monoisotopic (exact) mass is 510 g/mol. The zero-order valence-corrected chi connectivity index (χ0v) is 20.0. The minimum atomic E-state index is -4.60. The normalized spacial score (nSPS) is 18.1. The van der Waals surface area contributed by atoms with Crippen molar-refractivity contribution in [1.29, 1.82) is 0 Å². The number of hydrogen-bond acceptors (Lipinski definition) is 2. The quantitative estimate of drug-likeness (QED) is 0.391. The number of halogens is 5. The van der Waals surface area contributed by atoms with Crippen LogP contribution in [0.2, 0.25) is 10.0 Å². The number of rotatable bonds is 3. The van der Waals surface area contributed by atoms with Crippen LogP contribution in [0, 0.1) is 0 Å². The maximum atomic E-state index is 13.4. The van der Waals surface area contributed by atoms with E-state index in [2.05, 4.69) is 13.8 Å². The Morgan fingerprint density at radius 2 is 1.41 bits per heavy atom. The number of anilines is 2. The summed E-state index contributed by atoms with van der Waals surface area (Å²) in [6, 6.07) is 16.2. The van der Waals surface area contributed by atoms with Crippen molar-refractivity contribution < 1.29 is 23.1 Å². The van der Waals surface area contributed by atoms with Gasteiger partial charge in [-0.2, -0.15) is 13.2 Å². The molecule has 3 aromatic rings. The Kier molecular flexibility index (Phi) is 7.81. The van der Waals surface area contributed by atoms with E-state index in [0.717, 1.165) is 17.0 Å². The van der Waals surface area contributed by atoms with Gasteiger partial charge < -0.3 is 5.11 Å². The molecule has 1 saturated heterocycles. The molecular weight excluding hydrogens is 488 g/mol. The number of nitrogens with zero attached hydrogens (tertiary/aromatic N) is 2. The molecule has 0 aliphatic carbocycles. The topological polar surface area (TPSA) is 43.8 Å². The maximum Gasteiger partial charge on any atom is 0.416 e. The first-order valence-electron chi connectivity index (χ1n) is 10.5. The summed E-state index contributed by atoms with van der Waals surface area (Å²) in [6.45, 7) is 3.96. The van der Waals surface area contributed by atoms with Crippen LogP contribution in [0.25, 0.3) is 0 Å². The Hall–Kier alpha value is -2.74. The molecule has 180 valence electrons. The highest BCUT2D eigenvalue weighted by Crippen LogP contribution is 2.42. The van der Waals surface area contributed by atoms with Crippen molar-refractivity contribution in [1.82, 2.24) is 0 Å². The lowest BCUT2D eigenvalue weighted by molar-refractivity contribution is -0.137. The predicted octanol–water partition coefficient (Wildman–Crippen LogP) is 7.72. The minimum Gasteiger partial charge on any atom is -0.365 e. The molecular formula is C25H23Cl2F3N2O2. The highest BCUT2D eigenvalue weighted by molar-refractivity contribution is 6.31. The van der Waals surface area contributed by atoms with Crippen LogP contribution < -0.4 is 9.80 Å². The van der Waals surface area contributed by atoms with Gasteiger partial charge in [0, 0.05) is 27.0 Å². The molecule has 1 unspecified atom stereocenters. The number of amides is 2. The number of benzene rings is 3. The zero-order chi connectivity index (χ0) is 25.1. The first-order chi connectivity index (χ1) is 16.0. The lowest BCUT2D eigenvalue weighted by Crippen LogP contribution is -2.45. The van der Waals surface area contributed by atoms with Crippen molar-refractivity contribution >= 4 is 40.6 Å². The molecule has 34 heavy (non-hydrogen) atoms. The highest BCUT2D eigenvalue weighted by atomic mass is 35.5. The molecule has 0 bridgehead atoms. The van der Waals surface area contributed by atoms with Crippen LogP contribution in [0.5, 0.6) is 0 Å². The number of hydrogen-bond donors (Lipinski definition) is 1. The Morgan fingerprint density at radius 3 is 1.91 bits per heavy atom. The zero-order valence-electron chi connectivity index (χ0n) is 18.5. The predicted molar refractivity (Wildman–Crippen MR) is 129 cm³/mol. The smallest absolute Gasteiger partial charge is 0.365 e. The molecule has 1 fully saturated rings. The van der Waals surface area contributed by atoms with Crippen LogP contribution >= 0.6 is 23.2 Å². The van der Waals surface area contributed by atoms with Gasteiger partial charge >= 0.3 is 12.2 Å². The Morgan fingerprint density at radius 1 is 0.912 bits per heavy atom. The largest absolute Gasteiger partial charge is 0.416 e. The fourth-order valence-electron chi connectivity index (χ4n) is 3.54. The maximum absolute atomic E-state index is 13.4. The first kappa shape index (κ1) is 25.9. The average molecular weight is 511 g/mol. The number of carbonyl (C=O) groups is 1. The fourth-order valence-corrected chi connectivity index (χ4v) is 3.79. The summed E-state index contributed by atoms with van der Waals surface area (Å²) in [5.41, 5.74) is -2.33. The molecule has 1 aliphatic rings. The molecule has 2 amide bonds. The van der Waals surface area contributed by atoms with Gasteiger partial charge in [-0.3, -0.25) is 9.80 Å². The Balaban J connectivity index is 0.00000103. The lowest BCUT2D eigenvalue weighted by atomic mass is 9.98. The van der Waals surface area contributed by atoms with E-state index in [1.54, 1.807) is 24.3 Å². The number of carbonyl (C=O) groups excluding carboxylic acids is 1. The third-order valence-corrected chi connectivity index (χ3v) is 5.55. The van der Waals surface area contributed by atoms with Crippen LogP contribution in [-0.4, -0.2) is 17.7 Å². The summed E-state index contributed by atoms with van der Waals surface area (Å²) in [7, 11) is 0. The molecule has 1 aliphatic heterocycles. The molecule has 0 saturated carbocycles. The van der Waals surface area contributed by atoms with Gasteiger partial charge in [0.15, 0.2) is 5.72 Å². The Labute approximate surface area is 206 Å². The van der Waals surface area contributed by atoms with Crippen LogP contribution in [0.3, 0.4) is 0 Å². The number of alkyl halides is 3. The fraction of sp³-hybridized carbons (Fsp3) is 0.240. The third-order valence-electron chi connectivity index (χ3n) is 5.05. The van der Waals surface area contributed by atoms with Gasteiger partial charge in [0.25, 0.3) is 0 Å². The number of urea groups is 1. The average Bonchev–Trinajstić information content (AvgIpc) is 3.07. The van der Waals surface area contributed by atoms with E-state index in [1.807, 2.05) is 0 Å². The molecule has 1 N–H and O–H groups in total. The summed E-state index contributed by atoms with van der Waals surface area (Å²) in [6.07, 6.45) is -3.35. The van der Waals surface area contributed by atoms with Crippen LogP contribution in [-0.2, 0) is 11.9 Å². The molecule has 0 aromatic heterocycles. The van der Waals surface area contributed by atoms with Gasteiger partial charge in [0.2, 0.25) is 0 Å². The second kappa shape index (κ2) is 10.3. The van der Waals surface area contributed by atoms with Crippen molar-refractivity contribution in [3.05, 3.63) is 94.0 Å². The second-order valence-electron chi connectivity index (χ2n) is 7.76. The molecule has 0 radical (unpaired) electrons. The SMILES string of the molecule is CCC.O=C1N(c2ccc(Cl)cc2)CC(O)(c2cccc(C(F)(F)F)c2)N1c1ccc(Cl)cc1. The molecule has 3 aromatic carbocycles.